The highest BCUT2D eigenvalue weighted by Crippen LogP contribution is 1.66. The van der Waals surface area contributed by atoms with Crippen molar-refractivity contribution in [1.82, 2.24) is 0 Å². The van der Waals surface area contributed by atoms with Crippen molar-refractivity contribution in [2.75, 3.05) is 0 Å². The molecule has 0 aliphatic heterocycles. The van der Waals surface area contributed by atoms with Crippen molar-refractivity contribution in [3.05, 3.63) is 12.7 Å². The Morgan fingerprint density at radius 1 is 2.00 bits per heavy atom. The first-order valence-corrected chi connectivity index (χ1v) is 2.91. The molecule has 0 rings (SSSR count). The molecule has 0 heterocycles. The molecular weight excluding hydrogens is 78.1 g/mol. The van der Waals surface area contributed by atoms with Crippen molar-refractivity contribution in [3.8, 4) is 0 Å². The standard InChI is InChI=1S/C3H7NSi/c1-2-3-5-4/h2,4-5H,1,3H2. The highest BCUT2D eigenvalue weighted by Gasteiger charge is 1.56. The van der Waals surface area contributed by atoms with E-state index in [9.17, 15) is 0 Å². The van der Waals surface area contributed by atoms with E-state index in [4.69, 9.17) is 5.05 Å². The first-order valence-electron chi connectivity index (χ1n) is 1.51. The van der Waals surface area contributed by atoms with Crippen LogP contribution in [0, 0.1) is 5.05 Å². The molecule has 0 unspecified atom stereocenters. The first kappa shape index (κ1) is 4.76. The Morgan fingerprint density at radius 2 is 2.60 bits per heavy atom. The van der Waals surface area contributed by atoms with Gasteiger partial charge in [0.25, 0.3) is 0 Å². The quantitative estimate of drug-likeness (QED) is 0.378. The van der Waals surface area contributed by atoms with Crippen molar-refractivity contribution in [2.45, 2.75) is 6.04 Å². The SMILES string of the molecule is C=CC[SiH]=N. The van der Waals surface area contributed by atoms with Gasteiger partial charge in [-0.1, -0.05) is 6.08 Å². The maximum Gasteiger partial charge on any atom is 0.104 e. The van der Waals surface area contributed by atoms with Gasteiger partial charge in [0.1, 0.15) is 9.31 Å². The lowest BCUT2D eigenvalue weighted by Crippen LogP contribution is -1.58. The topological polar surface area (TPSA) is 23.9 Å². The van der Waals surface area contributed by atoms with Crippen molar-refractivity contribution < 1.29 is 0 Å². The summed E-state index contributed by atoms with van der Waals surface area (Å²) < 4.78 is 0. The molecule has 0 atom stereocenters. The fourth-order valence-electron chi connectivity index (χ4n) is 0.0833. The van der Waals surface area contributed by atoms with Crippen LogP contribution in [0.3, 0.4) is 0 Å². The summed E-state index contributed by atoms with van der Waals surface area (Å²) >= 11 is 0. The van der Waals surface area contributed by atoms with Crippen LogP contribution in [0.15, 0.2) is 12.7 Å². The number of nitrogens with one attached hydrogen (secondary N) is 1. The van der Waals surface area contributed by atoms with E-state index in [0.29, 0.717) is 0 Å². The van der Waals surface area contributed by atoms with E-state index >= 15 is 0 Å². The number of hydrogen-bond acceptors (Lipinski definition) is 1. The van der Waals surface area contributed by atoms with Crippen LogP contribution in [-0.4, -0.2) is 9.31 Å². The van der Waals surface area contributed by atoms with Crippen molar-refractivity contribution in [1.29, 1.82) is 5.05 Å². The largest absolute Gasteiger partial charge is 0.355 e. The molecule has 28 valence electrons. The van der Waals surface area contributed by atoms with Crippen molar-refractivity contribution >= 4 is 9.31 Å². The Kier molecular flexibility index (Phi) is 3.57. The maximum atomic E-state index is 6.61. The Morgan fingerprint density at radius 3 is 2.60 bits per heavy atom. The molecule has 1 nitrogen and oxygen atoms in total. The van der Waals surface area contributed by atoms with Crippen molar-refractivity contribution in [3.63, 3.8) is 0 Å². The second-order valence-corrected chi connectivity index (χ2v) is 1.61. The highest BCUT2D eigenvalue weighted by atomic mass is 28.2. The predicted octanol–water partition coefficient (Wildman–Crippen LogP) is 0.790. The van der Waals surface area contributed by atoms with Crippen LogP contribution < -0.4 is 0 Å². The molecule has 0 bridgehead atoms. The molecule has 0 aromatic heterocycles. The molecule has 5 heavy (non-hydrogen) atoms. The molecule has 0 fully saturated rings. The Balaban J connectivity index is 2.65. The molecule has 0 saturated carbocycles. The predicted molar refractivity (Wildman–Crippen MR) is 24.9 cm³/mol. The van der Waals surface area contributed by atoms with Crippen LogP contribution in [0.4, 0.5) is 0 Å². The first-order chi connectivity index (χ1) is 2.41. The van der Waals surface area contributed by atoms with E-state index in [1.54, 1.807) is 6.08 Å². The van der Waals surface area contributed by atoms with Gasteiger partial charge in [-0.15, -0.1) is 6.58 Å². The Bertz CT molecular complexity index is 36.2. The molecule has 0 radical (unpaired) electrons. The summed E-state index contributed by atoms with van der Waals surface area (Å²) in [5, 5.41) is 6.61. The zero-order valence-electron chi connectivity index (χ0n) is 3.07. The summed E-state index contributed by atoms with van der Waals surface area (Å²) in [5.41, 5.74) is 0. The minimum atomic E-state index is -0.0822. The lowest BCUT2D eigenvalue weighted by atomic mass is 10.8. The Hall–Kier alpha value is -0.243. The molecule has 0 aliphatic rings. The summed E-state index contributed by atoms with van der Waals surface area (Å²) in [6.07, 6.45) is 1.78. The molecule has 0 spiro atoms. The van der Waals surface area contributed by atoms with Gasteiger partial charge in [0.2, 0.25) is 0 Å². The summed E-state index contributed by atoms with van der Waals surface area (Å²) in [7, 11) is -0.0822. The third-order valence-corrected chi connectivity index (χ3v) is 0.854. The van der Waals surface area contributed by atoms with E-state index < -0.39 is 0 Å². The van der Waals surface area contributed by atoms with Gasteiger partial charge in [0.05, 0.1) is 0 Å². The zero-order chi connectivity index (χ0) is 4.12. The Labute approximate surface area is 34.1 Å². The number of allylic oxidation sites excluding steroid dienone is 1. The molecule has 2 heteroatoms. The van der Waals surface area contributed by atoms with Crippen LogP contribution in [0.2, 0.25) is 6.04 Å². The lowest BCUT2D eigenvalue weighted by molar-refractivity contribution is 1.55. The van der Waals surface area contributed by atoms with Crippen LogP contribution in [0.5, 0.6) is 0 Å². The van der Waals surface area contributed by atoms with E-state index in [1.165, 1.54) is 0 Å². The van der Waals surface area contributed by atoms with Crippen LogP contribution >= 0.6 is 0 Å². The van der Waals surface area contributed by atoms with Gasteiger partial charge in [-0.05, 0) is 6.04 Å². The van der Waals surface area contributed by atoms with Gasteiger partial charge >= 0.3 is 0 Å². The lowest BCUT2D eigenvalue weighted by Gasteiger charge is -1.61. The molecule has 0 aromatic rings. The van der Waals surface area contributed by atoms with Gasteiger partial charge in [-0.25, -0.2) is 0 Å². The van der Waals surface area contributed by atoms with Crippen LogP contribution in [0.25, 0.3) is 0 Å². The monoisotopic (exact) mass is 85.0 g/mol. The number of hydrogen-bond donors (Lipinski definition) is 1. The minimum Gasteiger partial charge on any atom is -0.355 e. The maximum absolute atomic E-state index is 6.61. The normalized spacial score (nSPS) is 6.40. The molecule has 1 N–H and O–H groups in total. The van der Waals surface area contributed by atoms with Gasteiger partial charge in [-0.2, -0.15) is 0 Å². The summed E-state index contributed by atoms with van der Waals surface area (Å²) in [5.74, 6) is 0. The third-order valence-electron chi connectivity index (χ3n) is 0.285. The van der Waals surface area contributed by atoms with E-state index in [1.807, 2.05) is 0 Å². The van der Waals surface area contributed by atoms with Gasteiger partial charge in [0, 0.05) is 0 Å². The fraction of sp³-hybridized carbons (Fsp3) is 0.333. The fourth-order valence-corrected chi connectivity index (χ4v) is 0.250. The minimum absolute atomic E-state index is 0.0822. The van der Waals surface area contributed by atoms with Gasteiger partial charge in [0.15, 0.2) is 0 Å². The average molecular weight is 85.2 g/mol. The molecular formula is C3H7NSi. The van der Waals surface area contributed by atoms with Crippen molar-refractivity contribution in [2.24, 2.45) is 0 Å². The van der Waals surface area contributed by atoms with Crippen LogP contribution in [0.1, 0.15) is 0 Å². The van der Waals surface area contributed by atoms with E-state index in [0.717, 1.165) is 6.04 Å². The van der Waals surface area contributed by atoms with E-state index in [2.05, 4.69) is 6.58 Å². The van der Waals surface area contributed by atoms with Gasteiger partial charge < -0.3 is 5.05 Å². The average Bonchev–Trinajstić information content (AvgIpc) is 1.41. The highest BCUT2D eigenvalue weighted by molar-refractivity contribution is 6.19. The smallest absolute Gasteiger partial charge is 0.104 e. The summed E-state index contributed by atoms with van der Waals surface area (Å²) in [6.45, 7) is 3.45. The second-order valence-electron chi connectivity index (χ2n) is 0.729. The summed E-state index contributed by atoms with van der Waals surface area (Å²) in [6, 6.07) is 0.903. The van der Waals surface area contributed by atoms with Gasteiger partial charge in [-0.3, -0.25) is 0 Å². The number of rotatable bonds is 2. The molecule has 0 aliphatic carbocycles. The second kappa shape index (κ2) is 3.76. The van der Waals surface area contributed by atoms with Crippen LogP contribution in [-0.2, 0) is 0 Å². The molecule has 0 aromatic carbocycles. The van der Waals surface area contributed by atoms with E-state index in [-0.39, 0.29) is 9.31 Å². The summed E-state index contributed by atoms with van der Waals surface area (Å²) in [4.78, 5) is 0. The molecule has 0 saturated heterocycles. The zero-order valence-corrected chi connectivity index (χ0v) is 4.22. The molecule has 0 amide bonds. The third kappa shape index (κ3) is 3.76.